The molecule has 7 heteroatoms. The van der Waals surface area contributed by atoms with E-state index >= 15 is 0 Å². The number of aliphatic imine (C=N–C) groups is 2. The lowest BCUT2D eigenvalue weighted by Crippen LogP contribution is -2.16. The van der Waals surface area contributed by atoms with Crippen LogP contribution in [0.25, 0.3) is 0 Å². The summed E-state index contributed by atoms with van der Waals surface area (Å²) in [4.78, 5) is 22.5. The van der Waals surface area contributed by atoms with E-state index in [1.807, 2.05) is 48.5 Å². The summed E-state index contributed by atoms with van der Waals surface area (Å²) in [7, 11) is 3.26. The quantitative estimate of drug-likeness (QED) is 0.459. The van der Waals surface area contributed by atoms with Gasteiger partial charge >= 0.3 is 0 Å². The summed E-state index contributed by atoms with van der Waals surface area (Å²) in [5.74, 6) is 1.70. The summed E-state index contributed by atoms with van der Waals surface area (Å²) < 4.78 is 10.5. The minimum Gasteiger partial charge on any atom is -0.497 e. The molecule has 0 atom stereocenters. The standard InChI is InChI=1S/C27H27N3O3S/c1-17-13-24-25(14-18(17)2)30-27(15-23(29-24)19-5-9-21(32-3)10-6-19)34-16-26(31)28-20-7-11-22(33-4)12-8-20/h5-14H,15-16H2,1-4H3,(H,28,31). The zero-order valence-electron chi connectivity index (χ0n) is 19.7. The third-order valence-electron chi connectivity index (χ3n) is 5.58. The number of benzene rings is 3. The van der Waals surface area contributed by atoms with Crippen molar-refractivity contribution in [1.82, 2.24) is 0 Å². The summed E-state index contributed by atoms with van der Waals surface area (Å²) >= 11 is 1.43. The molecule has 0 aliphatic carbocycles. The van der Waals surface area contributed by atoms with Crippen LogP contribution in [0, 0.1) is 13.8 Å². The third-order valence-corrected chi connectivity index (χ3v) is 6.55. The van der Waals surface area contributed by atoms with E-state index in [4.69, 9.17) is 19.5 Å². The van der Waals surface area contributed by atoms with Crippen molar-refractivity contribution in [3.63, 3.8) is 0 Å². The second-order valence-corrected chi connectivity index (χ2v) is 9.01. The molecule has 174 valence electrons. The van der Waals surface area contributed by atoms with Gasteiger partial charge in [-0.25, -0.2) is 4.99 Å². The van der Waals surface area contributed by atoms with Crippen LogP contribution in [0.15, 0.2) is 70.6 Å². The van der Waals surface area contributed by atoms with E-state index in [1.54, 1.807) is 14.2 Å². The molecule has 6 nitrogen and oxygen atoms in total. The molecule has 0 fully saturated rings. The van der Waals surface area contributed by atoms with Gasteiger partial charge in [-0.05, 0) is 91.2 Å². The van der Waals surface area contributed by atoms with Crippen molar-refractivity contribution in [3.05, 3.63) is 77.4 Å². The minimum atomic E-state index is -0.0923. The molecule has 4 rings (SSSR count). The smallest absolute Gasteiger partial charge is 0.234 e. The predicted molar refractivity (Wildman–Crippen MR) is 141 cm³/mol. The SMILES string of the molecule is COc1ccc(NC(=O)CSC2=Nc3cc(C)c(C)cc3N=C(c3ccc(OC)cc3)C2)cc1. The number of carbonyl (C=O) groups is 1. The molecule has 34 heavy (non-hydrogen) atoms. The lowest BCUT2D eigenvalue weighted by molar-refractivity contribution is -0.113. The highest BCUT2D eigenvalue weighted by molar-refractivity contribution is 8.14. The average molecular weight is 474 g/mol. The number of rotatable bonds is 6. The highest BCUT2D eigenvalue weighted by Crippen LogP contribution is 2.36. The van der Waals surface area contributed by atoms with Crippen LogP contribution >= 0.6 is 11.8 Å². The number of fused-ring (bicyclic) bond motifs is 1. The van der Waals surface area contributed by atoms with Gasteiger partial charge in [0.25, 0.3) is 0 Å². The summed E-state index contributed by atoms with van der Waals surface area (Å²) in [6.07, 6.45) is 0.541. The van der Waals surface area contributed by atoms with Crippen molar-refractivity contribution in [1.29, 1.82) is 0 Å². The molecule has 0 spiro atoms. The first-order valence-corrected chi connectivity index (χ1v) is 11.9. The maximum atomic E-state index is 12.6. The molecule has 0 radical (unpaired) electrons. The first-order chi connectivity index (χ1) is 16.4. The van der Waals surface area contributed by atoms with E-state index in [9.17, 15) is 4.79 Å². The number of nitrogens with zero attached hydrogens (tertiary/aromatic N) is 2. The fourth-order valence-corrected chi connectivity index (χ4v) is 4.29. The maximum absolute atomic E-state index is 12.6. The number of thioether (sulfide) groups is 1. The van der Waals surface area contributed by atoms with Crippen LogP contribution in [-0.4, -0.2) is 36.6 Å². The van der Waals surface area contributed by atoms with Crippen molar-refractivity contribution < 1.29 is 14.3 Å². The molecular formula is C27H27N3O3S. The fourth-order valence-electron chi connectivity index (χ4n) is 3.52. The lowest BCUT2D eigenvalue weighted by atomic mass is 10.1. The fraction of sp³-hybridized carbons (Fsp3) is 0.222. The van der Waals surface area contributed by atoms with Gasteiger partial charge in [-0.15, -0.1) is 11.8 Å². The first kappa shape index (κ1) is 23.6. The number of carbonyl (C=O) groups excluding carboxylic acids is 1. The van der Waals surface area contributed by atoms with Crippen LogP contribution in [-0.2, 0) is 4.79 Å². The third kappa shape index (κ3) is 5.66. The van der Waals surface area contributed by atoms with Gasteiger partial charge in [0.05, 0.1) is 42.1 Å². The average Bonchev–Trinajstić information content (AvgIpc) is 3.02. The van der Waals surface area contributed by atoms with Crippen LogP contribution in [0.5, 0.6) is 11.5 Å². The van der Waals surface area contributed by atoms with Gasteiger partial charge in [-0.2, -0.15) is 0 Å². The van der Waals surface area contributed by atoms with Crippen molar-refractivity contribution in [2.75, 3.05) is 25.3 Å². The Hall–Kier alpha value is -3.58. The van der Waals surface area contributed by atoms with Crippen LogP contribution in [0.3, 0.4) is 0 Å². The van der Waals surface area contributed by atoms with Crippen molar-refractivity contribution >= 4 is 45.5 Å². The highest BCUT2D eigenvalue weighted by atomic mass is 32.2. The Bertz CT molecular complexity index is 1250. The van der Waals surface area contributed by atoms with E-state index in [2.05, 4.69) is 31.3 Å². The number of amides is 1. The van der Waals surface area contributed by atoms with Gasteiger partial charge in [-0.1, -0.05) is 0 Å². The molecular weight excluding hydrogens is 446 g/mol. The number of ether oxygens (including phenoxy) is 2. The van der Waals surface area contributed by atoms with Crippen LogP contribution in [0.4, 0.5) is 17.1 Å². The lowest BCUT2D eigenvalue weighted by Gasteiger charge is -2.09. The Labute approximate surface area is 204 Å². The van der Waals surface area contributed by atoms with Gasteiger partial charge in [0.15, 0.2) is 0 Å². The predicted octanol–water partition coefficient (Wildman–Crippen LogP) is 6.25. The van der Waals surface area contributed by atoms with Gasteiger partial charge in [0, 0.05) is 12.1 Å². The van der Waals surface area contributed by atoms with Crippen molar-refractivity contribution in [3.8, 4) is 11.5 Å². The largest absolute Gasteiger partial charge is 0.497 e. The Morgan fingerprint density at radius 1 is 0.882 bits per heavy atom. The van der Waals surface area contributed by atoms with Crippen molar-refractivity contribution in [2.24, 2.45) is 9.98 Å². The highest BCUT2D eigenvalue weighted by Gasteiger charge is 2.18. The van der Waals surface area contributed by atoms with E-state index < -0.39 is 0 Å². The molecule has 1 amide bonds. The number of aryl methyl sites for hydroxylation is 2. The van der Waals surface area contributed by atoms with E-state index in [0.717, 1.165) is 50.4 Å². The molecule has 1 aliphatic rings. The van der Waals surface area contributed by atoms with Crippen LogP contribution in [0.1, 0.15) is 23.1 Å². The first-order valence-electron chi connectivity index (χ1n) is 10.9. The van der Waals surface area contributed by atoms with Gasteiger partial charge in [0.2, 0.25) is 5.91 Å². The maximum Gasteiger partial charge on any atom is 0.234 e. The summed E-state index contributed by atoms with van der Waals surface area (Å²) in [6, 6.07) is 19.3. The molecule has 0 saturated heterocycles. The topological polar surface area (TPSA) is 72.3 Å². The van der Waals surface area contributed by atoms with E-state index in [0.29, 0.717) is 6.42 Å². The Morgan fingerprint density at radius 2 is 1.44 bits per heavy atom. The Morgan fingerprint density at radius 3 is 2.03 bits per heavy atom. The number of hydrogen-bond acceptors (Lipinski definition) is 6. The molecule has 1 N–H and O–H groups in total. The summed E-state index contributed by atoms with van der Waals surface area (Å²) in [5, 5.41) is 3.77. The molecule has 1 heterocycles. The molecule has 1 aliphatic heterocycles. The van der Waals surface area contributed by atoms with Gasteiger partial charge in [0.1, 0.15) is 11.5 Å². The number of methoxy groups -OCH3 is 2. The Balaban J connectivity index is 1.55. The molecule has 0 saturated carbocycles. The second-order valence-electron chi connectivity index (χ2n) is 7.96. The van der Waals surface area contributed by atoms with Crippen LogP contribution < -0.4 is 14.8 Å². The molecule has 0 bridgehead atoms. The molecule has 0 aromatic heterocycles. The summed E-state index contributed by atoms with van der Waals surface area (Å²) in [5.41, 5.74) is 6.63. The molecule has 3 aromatic rings. The normalized spacial score (nSPS) is 12.7. The molecule has 0 unspecified atom stereocenters. The molecule has 3 aromatic carbocycles. The zero-order chi connectivity index (χ0) is 24.1. The Kier molecular flexibility index (Phi) is 7.33. The second kappa shape index (κ2) is 10.6. The number of nitrogens with one attached hydrogen (secondary N) is 1. The van der Waals surface area contributed by atoms with Gasteiger partial charge < -0.3 is 14.8 Å². The minimum absolute atomic E-state index is 0.0923. The van der Waals surface area contributed by atoms with Crippen LogP contribution in [0.2, 0.25) is 0 Å². The van der Waals surface area contributed by atoms with E-state index in [1.165, 1.54) is 17.3 Å². The summed E-state index contributed by atoms with van der Waals surface area (Å²) in [6.45, 7) is 4.14. The van der Waals surface area contributed by atoms with Crippen molar-refractivity contribution in [2.45, 2.75) is 20.3 Å². The number of hydrogen-bond donors (Lipinski definition) is 1. The monoisotopic (exact) mass is 473 g/mol. The number of anilines is 1. The van der Waals surface area contributed by atoms with E-state index in [-0.39, 0.29) is 11.7 Å². The van der Waals surface area contributed by atoms with Gasteiger partial charge in [-0.3, -0.25) is 9.79 Å². The zero-order valence-corrected chi connectivity index (χ0v) is 20.5.